The Morgan fingerprint density at radius 2 is 1.66 bits per heavy atom. The molecule has 1 fully saturated rings. The van der Waals surface area contributed by atoms with Gasteiger partial charge >= 0.3 is 0 Å². The van der Waals surface area contributed by atoms with Gasteiger partial charge in [0.1, 0.15) is 5.75 Å². The van der Waals surface area contributed by atoms with Crippen LogP contribution in [0.4, 0.5) is 4.79 Å². The molecule has 0 saturated carbocycles. The molecule has 7 heteroatoms. The molecule has 1 saturated heterocycles. The molecule has 35 heavy (non-hydrogen) atoms. The Balaban J connectivity index is 1.32. The number of ether oxygens (including phenoxy) is 1. The highest BCUT2D eigenvalue weighted by molar-refractivity contribution is 8.18. The summed E-state index contributed by atoms with van der Waals surface area (Å²) in [4.78, 5) is 27.3. The van der Waals surface area contributed by atoms with Gasteiger partial charge < -0.3 is 9.30 Å². The lowest BCUT2D eigenvalue weighted by Gasteiger charge is -2.12. The minimum atomic E-state index is -0.256. The molecule has 2 heterocycles. The second-order valence-corrected chi connectivity index (χ2v) is 9.58. The van der Waals surface area contributed by atoms with Crippen LogP contribution in [0.2, 0.25) is 5.02 Å². The number of benzene rings is 3. The lowest BCUT2D eigenvalue weighted by molar-refractivity contribution is -0.123. The van der Waals surface area contributed by atoms with E-state index in [2.05, 4.69) is 10.6 Å². The summed E-state index contributed by atoms with van der Waals surface area (Å²) in [6, 6.07) is 25.0. The van der Waals surface area contributed by atoms with Crippen LogP contribution in [-0.2, 0) is 17.9 Å². The minimum absolute atomic E-state index is 0.245. The van der Waals surface area contributed by atoms with Crippen molar-refractivity contribution >= 4 is 51.5 Å². The van der Waals surface area contributed by atoms with Crippen molar-refractivity contribution in [3.8, 4) is 5.75 Å². The summed E-state index contributed by atoms with van der Waals surface area (Å²) in [5.41, 5.74) is 2.91. The highest BCUT2D eigenvalue weighted by Gasteiger charge is 2.35. The van der Waals surface area contributed by atoms with Crippen LogP contribution < -0.4 is 4.74 Å². The smallest absolute Gasteiger partial charge is 0.293 e. The van der Waals surface area contributed by atoms with Gasteiger partial charge in [-0.3, -0.25) is 14.5 Å². The highest BCUT2D eigenvalue weighted by Crippen LogP contribution is 2.35. The molecule has 0 atom stereocenters. The van der Waals surface area contributed by atoms with Crippen molar-refractivity contribution < 1.29 is 14.3 Å². The van der Waals surface area contributed by atoms with Crippen LogP contribution in [-0.4, -0.2) is 27.2 Å². The van der Waals surface area contributed by atoms with Crippen molar-refractivity contribution in [1.82, 2.24) is 9.47 Å². The first-order valence-electron chi connectivity index (χ1n) is 11.3. The van der Waals surface area contributed by atoms with E-state index in [1.807, 2.05) is 85.1 Å². The van der Waals surface area contributed by atoms with Crippen LogP contribution in [0.5, 0.6) is 5.75 Å². The van der Waals surface area contributed by atoms with E-state index in [1.165, 1.54) is 4.90 Å². The average molecular weight is 503 g/mol. The van der Waals surface area contributed by atoms with Crippen molar-refractivity contribution in [2.75, 3.05) is 6.61 Å². The van der Waals surface area contributed by atoms with Gasteiger partial charge in [-0.05, 0) is 48.0 Å². The van der Waals surface area contributed by atoms with E-state index in [1.54, 1.807) is 0 Å². The number of aromatic nitrogens is 1. The highest BCUT2D eigenvalue weighted by atomic mass is 35.5. The van der Waals surface area contributed by atoms with Gasteiger partial charge in [-0.15, -0.1) is 0 Å². The standard InChI is InChI=1S/C28H23ClN2O3S/c29-23-12-5-7-14-25(23)34-16-8-15-30-19-21(22-11-4-6-13-24(22)30)17-26-27(32)31(28(33)35-26)18-20-9-2-1-3-10-20/h1-7,9-14,17,19H,8,15-16,18H2/b26-17-. The van der Waals surface area contributed by atoms with Gasteiger partial charge in [-0.1, -0.05) is 72.3 Å². The molecule has 0 N–H and O–H groups in total. The fourth-order valence-corrected chi connectivity index (χ4v) is 5.12. The molecule has 0 radical (unpaired) electrons. The summed E-state index contributed by atoms with van der Waals surface area (Å²) >= 11 is 7.16. The van der Waals surface area contributed by atoms with Crippen LogP contribution in [0.3, 0.4) is 0 Å². The van der Waals surface area contributed by atoms with E-state index in [0.717, 1.165) is 46.8 Å². The second kappa shape index (κ2) is 10.4. The molecule has 1 aromatic heterocycles. The summed E-state index contributed by atoms with van der Waals surface area (Å²) in [5.74, 6) is 0.423. The van der Waals surface area contributed by atoms with Gasteiger partial charge in [0.05, 0.1) is 23.1 Å². The summed E-state index contributed by atoms with van der Waals surface area (Å²) in [5, 5.41) is 1.39. The molecule has 3 aromatic carbocycles. The van der Waals surface area contributed by atoms with E-state index in [-0.39, 0.29) is 17.7 Å². The zero-order valence-electron chi connectivity index (χ0n) is 18.9. The third-order valence-electron chi connectivity index (χ3n) is 5.80. The number of imide groups is 1. The molecule has 0 unspecified atom stereocenters. The topological polar surface area (TPSA) is 51.5 Å². The number of carbonyl (C=O) groups is 2. The van der Waals surface area contributed by atoms with Crippen LogP contribution in [0.1, 0.15) is 17.5 Å². The van der Waals surface area contributed by atoms with Gasteiger partial charge in [0.15, 0.2) is 0 Å². The first-order valence-corrected chi connectivity index (χ1v) is 12.5. The maximum Gasteiger partial charge on any atom is 0.293 e. The number of amides is 2. The van der Waals surface area contributed by atoms with Gasteiger partial charge in [0.2, 0.25) is 0 Å². The van der Waals surface area contributed by atoms with Gasteiger partial charge in [-0.25, -0.2) is 0 Å². The molecule has 0 bridgehead atoms. The second-order valence-electron chi connectivity index (χ2n) is 8.18. The number of thioether (sulfide) groups is 1. The zero-order valence-corrected chi connectivity index (χ0v) is 20.5. The normalized spacial score (nSPS) is 14.9. The van der Waals surface area contributed by atoms with Crippen LogP contribution in [0, 0.1) is 0 Å². The Labute approximate surface area is 212 Å². The summed E-state index contributed by atoms with van der Waals surface area (Å²) in [7, 11) is 0. The molecule has 1 aliphatic heterocycles. The van der Waals surface area contributed by atoms with Crippen molar-refractivity contribution in [1.29, 1.82) is 0 Å². The number of rotatable bonds is 8. The number of carbonyl (C=O) groups excluding carboxylic acids is 2. The summed E-state index contributed by atoms with van der Waals surface area (Å²) in [6.45, 7) is 1.55. The number of hydrogen-bond acceptors (Lipinski definition) is 4. The monoisotopic (exact) mass is 502 g/mol. The van der Waals surface area contributed by atoms with E-state index in [0.29, 0.717) is 22.3 Å². The number of para-hydroxylation sites is 2. The van der Waals surface area contributed by atoms with Crippen LogP contribution in [0.25, 0.3) is 17.0 Å². The predicted octanol–water partition coefficient (Wildman–Crippen LogP) is 7.00. The van der Waals surface area contributed by atoms with Crippen molar-refractivity contribution in [2.45, 2.75) is 19.5 Å². The molecular weight excluding hydrogens is 480 g/mol. The number of nitrogens with zero attached hydrogens (tertiary/aromatic N) is 2. The fraction of sp³-hybridized carbons (Fsp3) is 0.143. The Bertz CT molecular complexity index is 1410. The quantitative estimate of drug-likeness (QED) is 0.192. The number of hydrogen-bond donors (Lipinski definition) is 0. The largest absolute Gasteiger partial charge is 0.492 e. The first-order chi connectivity index (χ1) is 17.1. The van der Waals surface area contributed by atoms with Gasteiger partial charge in [0.25, 0.3) is 11.1 Å². The van der Waals surface area contributed by atoms with Crippen molar-refractivity contribution in [3.05, 3.63) is 106 Å². The molecule has 5 rings (SSSR count). The Hall–Kier alpha value is -3.48. The van der Waals surface area contributed by atoms with Crippen LogP contribution >= 0.6 is 23.4 Å². The first kappa shape index (κ1) is 23.3. The third-order valence-corrected chi connectivity index (χ3v) is 7.02. The Kier molecular flexibility index (Phi) is 6.93. The van der Waals surface area contributed by atoms with Crippen molar-refractivity contribution in [3.63, 3.8) is 0 Å². The molecule has 4 aromatic rings. The Morgan fingerprint density at radius 1 is 0.914 bits per heavy atom. The zero-order chi connectivity index (χ0) is 24.2. The molecule has 0 spiro atoms. The average Bonchev–Trinajstić information content (AvgIpc) is 3.35. The van der Waals surface area contributed by atoms with Crippen LogP contribution in [0.15, 0.2) is 90.0 Å². The molecule has 5 nitrogen and oxygen atoms in total. The molecular formula is C28H23ClN2O3S. The maximum absolute atomic E-state index is 13.0. The Morgan fingerprint density at radius 3 is 2.49 bits per heavy atom. The van der Waals surface area contributed by atoms with Crippen molar-refractivity contribution in [2.24, 2.45) is 0 Å². The van der Waals surface area contributed by atoms with Gasteiger partial charge in [0, 0.05) is 29.2 Å². The maximum atomic E-state index is 13.0. The SMILES string of the molecule is O=C1S/C(=C\c2cn(CCCOc3ccccc3Cl)c3ccccc23)C(=O)N1Cc1ccccc1. The van der Waals surface area contributed by atoms with E-state index in [9.17, 15) is 9.59 Å². The van der Waals surface area contributed by atoms with E-state index < -0.39 is 0 Å². The third kappa shape index (κ3) is 5.14. The molecule has 2 amide bonds. The van der Waals surface area contributed by atoms with E-state index >= 15 is 0 Å². The number of aryl methyl sites for hydroxylation is 1. The lowest BCUT2D eigenvalue weighted by Crippen LogP contribution is -2.27. The number of halogens is 1. The lowest BCUT2D eigenvalue weighted by atomic mass is 10.1. The molecule has 176 valence electrons. The summed E-state index contributed by atoms with van der Waals surface area (Å²) < 4.78 is 7.98. The molecule has 1 aliphatic rings. The van der Waals surface area contributed by atoms with E-state index in [4.69, 9.17) is 16.3 Å². The minimum Gasteiger partial charge on any atom is -0.492 e. The van der Waals surface area contributed by atoms with Gasteiger partial charge in [-0.2, -0.15) is 0 Å². The summed E-state index contributed by atoms with van der Waals surface area (Å²) in [6.07, 6.45) is 4.65. The predicted molar refractivity (Wildman–Crippen MR) is 141 cm³/mol. The number of fused-ring (bicyclic) bond motifs is 1. The fourth-order valence-electron chi connectivity index (χ4n) is 4.10. The molecule has 0 aliphatic carbocycles.